The van der Waals surface area contributed by atoms with Gasteiger partial charge in [-0.15, -0.1) is 0 Å². The van der Waals surface area contributed by atoms with Crippen LogP contribution in [0.2, 0.25) is 19.6 Å². The molecular weight excluding hydrogens is 420 g/mol. The molecule has 7 atom stereocenters. The number of carbonyl (C=O) groups is 1. The average molecular weight is 467 g/mol. The monoisotopic (exact) mass is 466 g/mol. The normalized spacial score (nSPS) is 42.2. The number of methoxy groups -OCH3 is 1. The summed E-state index contributed by atoms with van der Waals surface area (Å²) in [6.07, 6.45) is 5.32. The summed E-state index contributed by atoms with van der Waals surface area (Å²) in [5.74, 6) is 0.667. The van der Waals surface area contributed by atoms with Crippen LogP contribution in [0.15, 0.2) is 0 Å². The van der Waals surface area contributed by atoms with Crippen molar-refractivity contribution in [2.24, 2.45) is 33.5 Å². The van der Waals surface area contributed by atoms with E-state index < -0.39 is 8.07 Å². The van der Waals surface area contributed by atoms with Gasteiger partial charge in [0.05, 0.1) is 25.5 Å². The molecule has 32 heavy (non-hydrogen) atoms. The van der Waals surface area contributed by atoms with Crippen LogP contribution >= 0.6 is 0 Å². The minimum Gasteiger partial charge on any atom is -0.459 e. The Morgan fingerprint density at radius 3 is 2.34 bits per heavy atom. The second kappa shape index (κ2) is 7.79. The lowest BCUT2D eigenvalue weighted by Gasteiger charge is -2.52. The van der Waals surface area contributed by atoms with Gasteiger partial charge in [0.15, 0.2) is 6.29 Å². The summed E-state index contributed by atoms with van der Waals surface area (Å²) in [5.41, 5.74) is -0.372. The van der Waals surface area contributed by atoms with E-state index in [2.05, 4.69) is 54.3 Å². The van der Waals surface area contributed by atoms with Gasteiger partial charge in [0.1, 0.15) is 12.2 Å². The Bertz CT molecular complexity index is 737. The number of carbonyl (C=O) groups excluding carboxylic acids is 1. The van der Waals surface area contributed by atoms with Crippen molar-refractivity contribution in [3.63, 3.8) is 0 Å². The average Bonchev–Trinajstić information content (AvgIpc) is 3.08. The van der Waals surface area contributed by atoms with Crippen LogP contribution in [0.25, 0.3) is 0 Å². The summed E-state index contributed by atoms with van der Waals surface area (Å²) in [5, 5.41) is 0. The summed E-state index contributed by atoms with van der Waals surface area (Å²) in [7, 11) is 0.458. The van der Waals surface area contributed by atoms with Gasteiger partial charge in [-0.1, -0.05) is 54.3 Å². The highest BCUT2D eigenvalue weighted by Crippen LogP contribution is 2.69. The fraction of sp³-hybridized carbons (Fsp3) is 0.962. The van der Waals surface area contributed by atoms with E-state index in [4.69, 9.17) is 18.9 Å². The fourth-order valence-electron chi connectivity index (χ4n) is 7.22. The highest BCUT2D eigenvalue weighted by Gasteiger charge is 2.71. The molecule has 0 radical (unpaired) electrons. The molecule has 5 aliphatic rings. The molecule has 0 aromatic rings. The molecule has 5 nitrogen and oxygen atoms in total. The Kier molecular flexibility index (Phi) is 6.01. The smallest absolute Gasteiger partial charge is 0.313 e. The molecule has 0 aromatic heterocycles. The predicted molar refractivity (Wildman–Crippen MR) is 128 cm³/mol. The van der Waals surface area contributed by atoms with E-state index in [-0.39, 0.29) is 46.1 Å². The third-order valence-electron chi connectivity index (χ3n) is 8.66. The first-order valence-electron chi connectivity index (χ1n) is 12.6. The second-order valence-electron chi connectivity index (χ2n) is 14.4. The maximum absolute atomic E-state index is 13.6. The zero-order chi connectivity index (χ0) is 23.7. The first-order valence-corrected chi connectivity index (χ1v) is 16.3. The van der Waals surface area contributed by atoms with Crippen molar-refractivity contribution in [3.8, 4) is 0 Å². The first kappa shape index (κ1) is 24.7. The molecule has 4 saturated carbocycles. The van der Waals surface area contributed by atoms with Crippen LogP contribution in [0, 0.1) is 33.5 Å². The maximum atomic E-state index is 13.6. The molecule has 1 heterocycles. The molecule has 0 N–H and O–H groups in total. The van der Waals surface area contributed by atoms with Crippen LogP contribution in [0.5, 0.6) is 0 Å². The van der Waals surface area contributed by atoms with Crippen LogP contribution in [0.1, 0.15) is 66.7 Å². The third-order valence-corrected chi connectivity index (χ3v) is 9.73. The van der Waals surface area contributed by atoms with Crippen molar-refractivity contribution in [3.05, 3.63) is 0 Å². The number of hydrogen-bond acceptors (Lipinski definition) is 5. The molecule has 1 aliphatic heterocycles. The van der Waals surface area contributed by atoms with Crippen LogP contribution in [-0.4, -0.2) is 52.5 Å². The van der Waals surface area contributed by atoms with Gasteiger partial charge >= 0.3 is 5.97 Å². The van der Waals surface area contributed by atoms with Crippen molar-refractivity contribution >= 4 is 14.0 Å². The molecule has 4 aliphatic carbocycles. The SMILES string of the molecule is COC1OC2C(OC(=O)C3(CC(C)(C)C)CC3(C)C)C3CCC2C1(COC[Si](C)(C)C)C3. The van der Waals surface area contributed by atoms with E-state index >= 15 is 0 Å². The lowest BCUT2D eigenvalue weighted by atomic mass is 9.55. The molecule has 0 aromatic carbocycles. The van der Waals surface area contributed by atoms with E-state index in [0.717, 1.165) is 38.3 Å². The number of fused-ring (bicyclic) bond motifs is 1. The van der Waals surface area contributed by atoms with Gasteiger partial charge in [-0.3, -0.25) is 4.79 Å². The lowest BCUT2D eigenvalue weighted by molar-refractivity contribution is -0.186. The second-order valence-corrected chi connectivity index (χ2v) is 19.8. The van der Waals surface area contributed by atoms with Gasteiger partial charge in [-0.2, -0.15) is 0 Å². The number of hydrogen-bond donors (Lipinski definition) is 0. The summed E-state index contributed by atoms with van der Waals surface area (Å²) in [4.78, 5) is 13.6. The Hall–Kier alpha value is -0.433. The van der Waals surface area contributed by atoms with Gasteiger partial charge in [0, 0.05) is 19.3 Å². The first-order chi connectivity index (χ1) is 14.6. The zero-order valence-electron chi connectivity index (χ0n) is 21.9. The van der Waals surface area contributed by atoms with Gasteiger partial charge in [-0.25, -0.2) is 0 Å². The van der Waals surface area contributed by atoms with Crippen molar-refractivity contribution in [1.29, 1.82) is 0 Å². The largest absolute Gasteiger partial charge is 0.459 e. The number of rotatable bonds is 8. The van der Waals surface area contributed by atoms with Crippen molar-refractivity contribution < 1.29 is 23.7 Å². The highest BCUT2D eigenvalue weighted by molar-refractivity contribution is 6.76. The van der Waals surface area contributed by atoms with Gasteiger partial charge < -0.3 is 18.9 Å². The molecule has 4 bridgehead atoms. The molecule has 7 unspecified atom stereocenters. The van der Waals surface area contributed by atoms with Crippen molar-refractivity contribution in [2.45, 2.75) is 105 Å². The highest BCUT2D eigenvalue weighted by atomic mass is 28.3. The standard InChI is InChI=1S/C26H46O5Si/c1-23(2,3)13-26(14-24(26,4)5)21(27)30-19-17-10-11-18-20(19)31-22(28-6)25(18,12-17)15-29-16-32(7,8)9/h17-20,22H,10-16H2,1-9H3. The lowest BCUT2D eigenvalue weighted by Crippen LogP contribution is -2.57. The Morgan fingerprint density at radius 2 is 1.81 bits per heavy atom. The molecule has 0 amide bonds. The summed E-state index contributed by atoms with van der Waals surface area (Å²) >= 11 is 0. The number of esters is 1. The molecule has 184 valence electrons. The van der Waals surface area contributed by atoms with Crippen LogP contribution < -0.4 is 0 Å². The zero-order valence-corrected chi connectivity index (χ0v) is 22.9. The predicted octanol–water partition coefficient (Wildman–Crippen LogP) is 5.43. The fourth-order valence-corrected chi connectivity index (χ4v) is 7.94. The maximum Gasteiger partial charge on any atom is 0.313 e. The quantitative estimate of drug-likeness (QED) is 0.352. The van der Waals surface area contributed by atoms with Gasteiger partial charge in [0.25, 0.3) is 0 Å². The van der Waals surface area contributed by atoms with E-state index in [1.54, 1.807) is 7.11 Å². The molecular formula is C26H46O5Si. The Morgan fingerprint density at radius 1 is 1.16 bits per heavy atom. The van der Waals surface area contributed by atoms with E-state index in [9.17, 15) is 4.79 Å². The topological polar surface area (TPSA) is 54.0 Å². The van der Waals surface area contributed by atoms with Gasteiger partial charge in [-0.05, 0) is 48.9 Å². The molecule has 5 fully saturated rings. The van der Waals surface area contributed by atoms with Crippen LogP contribution in [0.4, 0.5) is 0 Å². The van der Waals surface area contributed by atoms with Crippen molar-refractivity contribution in [2.75, 3.05) is 19.9 Å². The molecule has 6 heteroatoms. The minimum absolute atomic E-state index is 0.0000226. The number of ether oxygens (including phenoxy) is 4. The van der Waals surface area contributed by atoms with Crippen LogP contribution in [-0.2, 0) is 23.7 Å². The summed E-state index contributed by atoms with van der Waals surface area (Å²) < 4.78 is 25.1. The molecule has 0 spiro atoms. The van der Waals surface area contributed by atoms with E-state index in [1.807, 2.05) is 0 Å². The summed E-state index contributed by atoms with van der Waals surface area (Å²) in [6.45, 7) is 18.8. The third kappa shape index (κ3) is 4.12. The minimum atomic E-state index is -1.28. The Labute approximate surface area is 196 Å². The van der Waals surface area contributed by atoms with E-state index in [1.165, 1.54) is 0 Å². The Balaban J connectivity index is 1.50. The molecule has 5 rings (SSSR count). The van der Waals surface area contributed by atoms with Gasteiger partial charge in [0.2, 0.25) is 0 Å². The van der Waals surface area contributed by atoms with Crippen molar-refractivity contribution in [1.82, 2.24) is 0 Å². The van der Waals surface area contributed by atoms with Crippen LogP contribution in [0.3, 0.4) is 0 Å². The van der Waals surface area contributed by atoms with E-state index in [0.29, 0.717) is 18.4 Å². The molecule has 1 saturated heterocycles. The summed E-state index contributed by atoms with van der Waals surface area (Å²) in [6, 6.07) is 0.